The third-order valence-corrected chi connectivity index (χ3v) is 3.51. The van der Waals surface area contributed by atoms with Gasteiger partial charge in [-0.05, 0) is 31.2 Å². The number of hydrogen-bond acceptors (Lipinski definition) is 2. The van der Waals surface area contributed by atoms with Gasteiger partial charge < -0.3 is 5.32 Å². The van der Waals surface area contributed by atoms with Gasteiger partial charge in [-0.15, -0.1) is 0 Å². The first-order valence-corrected chi connectivity index (χ1v) is 5.91. The third kappa shape index (κ3) is 2.41. The number of aryl methyl sites for hydroxylation is 1. The Morgan fingerprint density at radius 1 is 1.31 bits per heavy atom. The van der Waals surface area contributed by atoms with Crippen molar-refractivity contribution in [3.8, 4) is 0 Å². The maximum atomic E-state index is 3.55. The summed E-state index contributed by atoms with van der Waals surface area (Å²) in [5, 5.41) is 3.55. The molecule has 0 spiro atoms. The molecule has 1 fully saturated rings. The van der Waals surface area contributed by atoms with Crippen LogP contribution in [0, 0.1) is 6.92 Å². The second-order valence-electron chi connectivity index (χ2n) is 3.57. The van der Waals surface area contributed by atoms with Gasteiger partial charge in [0.15, 0.2) is 0 Å². The Balaban J connectivity index is 1.97. The maximum Gasteiger partial charge on any atom is 0.0359 e. The van der Waals surface area contributed by atoms with Crippen molar-refractivity contribution < 1.29 is 0 Å². The SMILES string of the molecule is Cc1ccc(NC2CCSC2)cc1. The van der Waals surface area contributed by atoms with Crippen LogP contribution in [0.5, 0.6) is 0 Å². The molecule has 1 aliphatic rings. The predicted octanol–water partition coefficient (Wildman–Crippen LogP) is 2.91. The molecule has 1 saturated heterocycles. The highest BCUT2D eigenvalue weighted by Gasteiger charge is 2.14. The molecule has 70 valence electrons. The average Bonchev–Trinajstić information content (AvgIpc) is 2.62. The van der Waals surface area contributed by atoms with E-state index in [1.165, 1.54) is 29.2 Å². The fourth-order valence-electron chi connectivity index (χ4n) is 1.53. The number of nitrogens with one attached hydrogen (secondary N) is 1. The second kappa shape index (κ2) is 4.05. The summed E-state index contributed by atoms with van der Waals surface area (Å²) in [5.74, 6) is 2.57. The Bertz CT molecular complexity index is 262. The van der Waals surface area contributed by atoms with Crippen molar-refractivity contribution in [1.82, 2.24) is 0 Å². The van der Waals surface area contributed by atoms with Crippen LogP contribution in [-0.2, 0) is 0 Å². The van der Waals surface area contributed by atoms with Crippen molar-refractivity contribution in [3.05, 3.63) is 29.8 Å². The fraction of sp³-hybridized carbons (Fsp3) is 0.455. The lowest BCUT2D eigenvalue weighted by atomic mass is 10.2. The minimum atomic E-state index is 0.688. The Labute approximate surface area is 83.9 Å². The van der Waals surface area contributed by atoms with Crippen LogP contribution in [0.25, 0.3) is 0 Å². The van der Waals surface area contributed by atoms with Crippen LogP contribution in [0.15, 0.2) is 24.3 Å². The van der Waals surface area contributed by atoms with Gasteiger partial charge in [0.1, 0.15) is 0 Å². The first-order valence-electron chi connectivity index (χ1n) is 4.75. The highest BCUT2D eigenvalue weighted by molar-refractivity contribution is 7.99. The molecule has 0 amide bonds. The van der Waals surface area contributed by atoms with E-state index in [0.717, 1.165) is 0 Å². The van der Waals surface area contributed by atoms with Gasteiger partial charge in [0.05, 0.1) is 0 Å². The first kappa shape index (κ1) is 8.95. The molecule has 0 radical (unpaired) electrons. The molecule has 1 aromatic carbocycles. The number of rotatable bonds is 2. The average molecular weight is 193 g/mol. The van der Waals surface area contributed by atoms with Crippen molar-refractivity contribution in [2.45, 2.75) is 19.4 Å². The number of hydrogen-bond donors (Lipinski definition) is 1. The summed E-state index contributed by atoms with van der Waals surface area (Å²) >= 11 is 2.04. The van der Waals surface area contributed by atoms with Crippen molar-refractivity contribution in [1.29, 1.82) is 0 Å². The lowest BCUT2D eigenvalue weighted by molar-refractivity contribution is 0.813. The summed E-state index contributed by atoms with van der Waals surface area (Å²) in [6.45, 7) is 2.12. The second-order valence-corrected chi connectivity index (χ2v) is 4.72. The minimum Gasteiger partial charge on any atom is -0.381 e. The zero-order valence-electron chi connectivity index (χ0n) is 7.92. The number of thioether (sulfide) groups is 1. The minimum absolute atomic E-state index is 0.688. The van der Waals surface area contributed by atoms with Gasteiger partial charge in [-0.1, -0.05) is 17.7 Å². The smallest absolute Gasteiger partial charge is 0.0359 e. The maximum absolute atomic E-state index is 3.55. The Morgan fingerprint density at radius 3 is 2.69 bits per heavy atom. The van der Waals surface area contributed by atoms with Gasteiger partial charge in [-0.3, -0.25) is 0 Å². The highest BCUT2D eigenvalue weighted by Crippen LogP contribution is 2.21. The normalized spacial score (nSPS) is 21.8. The first-order chi connectivity index (χ1) is 6.34. The molecule has 0 saturated carbocycles. The van der Waals surface area contributed by atoms with Crippen LogP contribution in [0.4, 0.5) is 5.69 Å². The molecular formula is C11H15NS. The van der Waals surface area contributed by atoms with E-state index >= 15 is 0 Å². The van der Waals surface area contributed by atoms with E-state index in [2.05, 4.69) is 36.5 Å². The number of benzene rings is 1. The van der Waals surface area contributed by atoms with Gasteiger partial charge >= 0.3 is 0 Å². The molecule has 0 aromatic heterocycles. The van der Waals surface area contributed by atoms with E-state index in [0.29, 0.717) is 6.04 Å². The summed E-state index contributed by atoms with van der Waals surface area (Å²) in [5.41, 5.74) is 2.59. The molecule has 1 aromatic rings. The molecule has 0 bridgehead atoms. The standard InChI is InChI=1S/C11H15NS/c1-9-2-4-10(5-3-9)12-11-6-7-13-8-11/h2-5,11-12H,6-8H2,1H3. The van der Waals surface area contributed by atoms with E-state index in [1.807, 2.05) is 11.8 Å². The van der Waals surface area contributed by atoms with Gasteiger partial charge in [0.25, 0.3) is 0 Å². The molecule has 13 heavy (non-hydrogen) atoms. The Kier molecular flexibility index (Phi) is 2.79. The molecule has 2 heteroatoms. The van der Waals surface area contributed by atoms with Gasteiger partial charge in [-0.2, -0.15) is 11.8 Å². The summed E-state index contributed by atoms with van der Waals surface area (Å²) < 4.78 is 0. The molecule has 1 N–H and O–H groups in total. The van der Waals surface area contributed by atoms with Crippen molar-refractivity contribution in [2.75, 3.05) is 16.8 Å². The van der Waals surface area contributed by atoms with Crippen LogP contribution in [0.2, 0.25) is 0 Å². The summed E-state index contributed by atoms with van der Waals surface area (Å²) in [7, 11) is 0. The Hall–Kier alpha value is -0.630. The topological polar surface area (TPSA) is 12.0 Å². The summed E-state index contributed by atoms with van der Waals surface area (Å²) in [4.78, 5) is 0. The summed E-state index contributed by atoms with van der Waals surface area (Å²) in [6, 6.07) is 9.33. The van der Waals surface area contributed by atoms with E-state index in [9.17, 15) is 0 Å². The van der Waals surface area contributed by atoms with Gasteiger partial charge in [-0.25, -0.2) is 0 Å². The fourth-order valence-corrected chi connectivity index (χ4v) is 2.69. The van der Waals surface area contributed by atoms with Crippen LogP contribution in [0.3, 0.4) is 0 Å². The van der Waals surface area contributed by atoms with Crippen LogP contribution < -0.4 is 5.32 Å². The van der Waals surface area contributed by atoms with Crippen molar-refractivity contribution >= 4 is 17.4 Å². The third-order valence-electron chi connectivity index (χ3n) is 2.35. The zero-order chi connectivity index (χ0) is 9.10. The zero-order valence-corrected chi connectivity index (χ0v) is 8.73. The largest absolute Gasteiger partial charge is 0.381 e. The van der Waals surface area contributed by atoms with Gasteiger partial charge in [0, 0.05) is 17.5 Å². The van der Waals surface area contributed by atoms with Crippen molar-refractivity contribution in [3.63, 3.8) is 0 Å². The molecule has 1 nitrogen and oxygen atoms in total. The van der Waals surface area contributed by atoms with E-state index in [4.69, 9.17) is 0 Å². The van der Waals surface area contributed by atoms with E-state index < -0.39 is 0 Å². The quantitative estimate of drug-likeness (QED) is 0.775. The van der Waals surface area contributed by atoms with Crippen molar-refractivity contribution in [2.24, 2.45) is 0 Å². The monoisotopic (exact) mass is 193 g/mol. The highest BCUT2D eigenvalue weighted by atomic mass is 32.2. The number of anilines is 1. The molecule has 1 aliphatic heterocycles. The summed E-state index contributed by atoms with van der Waals surface area (Å²) in [6.07, 6.45) is 1.30. The van der Waals surface area contributed by atoms with Crippen LogP contribution >= 0.6 is 11.8 Å². The van der Waals surface area contributed by atoms with Gasteiger partial charge in [0.2, 0.25) is 0 Å². The van der Waals surface area contributed by atoms with Crippen LogP contribution in [0.1, 0.15) is 12.0 Å². The molecule has 0 aliphatic carbocycles. The molecule has 2 rings (SSSR count). The lowest BCUT2D eigenvalue weighted by Crippen LogP contribution is -2.17. The Morgan fingerprint density at radius 2 is 2.08 bits per heavy atom. The molecule has 1 atom stereocenters. The molecule has 1 unspecified atom stereocenters. The lowest BCUT2D eigenvalue weighted by Gasteiger charge is -2.12. The van der Waals surface area contributed by atoms with E-state index in [1.54, 1.807) is 0 Å². The van der Waals surface area contributed by atoms with E-state index in [-0.39, 0.29) is 0 Å². The molecule has 1 heterocycles. The van der Waals surface area contributed by atoms with Crippen LogP contribution in [-0.4, -0.2) is 17.5 Å². The molecular weight excluding hydrogens is 178 g/mol. The predicted molar refractivity (Wildman–Crippen MR) is 60.5 cm³/mol.